The van der Waals surface area contributed by atoms with Crippen LogP contribution in [0.1, 0.15) is 53.8 Å². The van der Waals surface area contributed by atoms with Gasteiger partial charge in [0, 0.05) is 31.9 Å². The van der Waals surface area contributed by atoms with Crippen LogP contribution in [-0.4, -0.2) is 52.3 Å². The number of carbonyl (C=O) groups excluding carboxylic acids is 1. The van der Waals surface area contributed by atoms with Gasteiger partial charge in [-0.3, -0.25) is 4.90 Å². The summed E-state index contributed by atoms with van der Waals surface area (Å²) in [6.07, 6.45) is 2.62. The average Bonchev–Trinajstić information content (AvgIpc) is 3.09. The summed E-state index contributed by atoms with van der Waals surface area (Å²) in [5.41, 5.74) is 4.09. The van der Waals surface area contributed by atoms with Crippen molar-refractivity contribution in [2.75, 3.05) is 46.3 Å². The van der Waals surface area contributed by atoms with Gasteiger partial charge < -0.3 is 19.1 Å². The fraction of sp³-hybridized carbons (Fsp3) is 0.480. The van der Waals surface area contributed by atoms with E-state index in [9.17, 15) is 4.79 Å². The quantitative estimate of drug-likeness (QED) is 0.384. The van der Waals surface area contributed by atoms with Crippen molar-refractivity contribution in [2.45, 2.75) is 38.8 Å². The van der Waals surface area contributed by atoms with Crippen molar-refractivity contribution in [3.05, 3.63) is 53.1 Å². The molecule has 1 aliphatic rings. The summed E-state index contributed by atoms with van der Waals surface area (Å²) in [5.74, 6) is 0.896. The van der Waals surface area contributed by atoms with Gasteiger partial charge in [-0.2, -0.15) is 0 Å². The lowest BCUT2D eigenvalue weighted by atomic mass is 10.00. The van der Waals surface area contributed by atoms with E-state index in [1.165, 1.54) is 11.3 Å². The van der Waals surface area contributed by atoms with E-state index in [2.05, 4.69) is 55.1 Å². The van der Waals surface area contributed by atoms with Gasteiger partial charge in [0.2, 0.25) is 0 Å². The topological polar surface area (TPSA) is 51.2 Å². The minimum atomic E-state index is -0.281. The average molecular weight is 427 g/mol. The Kier molecular flexibility index (Phi) is 7.80. The summed E-state index contributed by atoms with van der Waals surface area (Å²) in [6, 6.07) is 12.1. The molecule has 0 saturated carbocycles. The Bertz CT molecular complexity index is 897. The molecule has 0 radical (unpaired) electrons. The van der Waals surface area contributed by atoms with E-state index >= 15 is 0 Å². The van der Waals surface area contributed by atoms with Crippen molar-refractivity contribution >= 4 is 11.7 Å². The summed E-state index contributed by atoms with van der Waals surface area (Å²) in [6.45, 7) is 5.15. The Morgan fingerprint density at radius 1 is 1.03 bits per heavy atom. The third-order valence-corrected chi connectivity index (χ3v) is 5.88. The predicted molar refractivity (Wildman–Crippen MR) is 123 cm³/mol. The zero-order chi connectivity index (χ0) is 22.4. The largest absolute Gasteiger partial charge is 0.493 e. The maximum Gasteiger partial charge on any atom is 0.339 e. The van der Waals surface area contributed by atoms with Crippen LogP contribution in [0.4, 0.5) is 5.69 Å². The van der Waals surface area contributed by atoms with E-state index in [1.807, 2.05) is 6.07 Å². The number of para-hydroxylation sites is 1. The number of hydrogen-bond donors (Lipinski definition) is 0. The van der Waals surface area contributed by atoms with Gasteiger partial charge >= 0.3 is 5.97 Å². The first-order valence-electron chi connectivity index (χ1n) is 10.9. The van der Waals surface area contributed by atoms with Gasteiger partial charge in [0.05, 0.1) is 19.8 Å². The lowest BCUT2D eigenvalue weighted by Crippen LogP contribution is -2.25. The fourth-order valence-electron chi connectivity index (χ4n) is 4.14. The smallest absolute Gasteiger partial charge is 0.339 e. The Hall–Kier alpha value is -2.73. The number of benzene rings is 2. The molecule has 0 aliphatic carbocycles. The minimum Gasteiger partial charge on any atom is -0.493 e. The van der Waals surface area contributed by atoms with Gasteiger partial charge in [-0.05, 0) is 56.1 Å². The molecule has 0 aromatic heterocycles. The molecule has 31 heavy (non-hydrogen) atoms. The Labute approximate surface area is 185 Å². The normalized spacial score (nSPS) is 15.0. The van der Waals surface area contributed by atoms with Crippen LogP contribution >= 0.6 is 0 Å². The van der Waals surface area contributed by atoms with Gasteiger partial charge in [-0.15, -0.1) is 0 Å². The molecule has 1 heterocycles. The molecule has 0 fully saturated rings. The van der Waals surface area contributed by atoms with E-state index in [4.69, 9.17) is 14.2 Å². The van der Waals surface area contributed by atoms with Crippen LogP contribution in [-0.2, 0) is 11.3 Å². The molecule has 6 heteroatoms. The molecule has 0 bridgehead atoms. The summed E-state index contributed by atoms with van der Waals surface area (Å²) in [4.78, 5) is 16.9. The second-order valence-electron chi connectivity index (χ2n) is 8.08. The van der Waals surface area contributed by atoms with Crippen molar-refractivity contribution in [1.82, 2.24) is 4.90 Å². The SMILES string of the molecule is CCN(CCCCC1OC(=O)c2cc(OC)c(OC)cc21)Cc1ccccc1N(C)C. The van der Waals surface area contributed by atoms with Crippen LogP contribution in [0.3, 0.4) is 0 Å². The number of hydrogen-bond acceptors (Lipinski definition) is 6. The van der Waals surface area contributed by atoms with Gasteiger partial charge in [0.25, 0.3) is 0 Å². The molecule has 0 amide bonds. The van der Waals surface area contributed by atoms with Gasteiger partial charge in [0.1, 0.15) is 6.10 Å². The highest BCUT2D eigenvalue weighted by Crippen LogP contribution is 2.40. The van der Waals surface area contributed by atoms with Crippen molar-refractivity contribution < 1.29 is 19.0 Å². The number of ether oxygens (including phenoxy) is 3. The highest BCUT2D eigenvalue weighted by atomic mass is 16.5. The summed E-state index contributed by atoms with van der Waals surface area (Å²) >= 11 is 0. The molecular formula is C25H34N2O4. The number of esters is 1. The van der Waals surface area contributed by atoms with Crippen molar-refractivity contribution in [2.24, 2.45) is 0 Å². The third kappa shape index (κ3) is 5.31. The number of cyclic esters (lactones) is 1. The van der Waals surface area contributed by atoms with Crippen LogP contribution < -0.4 is 14.4 Å². The zero-order valence-electron chi connectivity index (χ0n) is 19.3. The number of unbranched alkanes of at least 4 members (excludes halogenated alkanes) is 1. The van der Waals surface area contributed by atoms with Crippen LogP contribution in [0.2, 0.25) is 0 Å². The molecule has 168 valence electrons. The van der Waals surface area contributed by atoms with Gasteiger partial charge in [-0.1, -0.05) is 25.1 Å². The lowest BCUT2D eigenvalue weighted by molar-refractivity contribution is 0.0361. The summed E-state index contributed by atoms with van der Waals surface area (Å²) in [7, 11) is 7.34. The summed E-state index contributed by atoms with van der Waals surface area (Å²) < 4.78 is 16.3. The Balaban J connectivity index is 1.56. The van der Waals surface area contributed by atoms with Crippen molar-refractivity contribution in [1.29, 1.82) is 0 Å². The lowest BCUT2D eigenvalue weighted by Gasteiger charge is -2.24. The van der Waals surface area contributed by atoms with E-state index in [1.54, 1.807) is 20.3 Å². The molecule has 2 aromatic rings. The first-order valence-corrected chi connectivity index (χ1v) is 10.9. The number of methoxy groups -OCH3 is 2. The molecule has 3 rings (SSSR count). The molecule has 0 N–H and O–H groups in total. The maximum atomic E-state index is 12.3. The first kappa shape index (κ1) is 22.9. The highest BCUT2D eigenvalue weighted by Gasteiger charge is 2.32. The Morgan fingerprint density at radius 3 is 2.42 bits per heavy atom. The highest BCUT2D eigenvalue weighted by molar-refractivity contribution is 5.95. The third-order valence-electron chi connectivity index (χ3n) is 5.88. The molecule has 1 unspecified atom stereocenters. The first-order chi connectivity index (χ1) is 15.0. The minimum absolute atomic E-state index is 0.216. The number of anilines is 1. The summed E-state index contributed by atoms with van der Waals surface area (Å²) in [5, 5.41) is 0. The number of fused-ring (bicyclic) bond motifs is 1. The van der Waals surface area contributed by atoms with E-state index in [0.717, 1.165) is 44.5 Å². The molecular weight excluding hydrogens is 392 g/mol. The molecule has 2 aromatic carbocycles. The second kappa shape index (κ2) is 10.5. The molecule has 1 aliphatic heterocycles. The van der Waals surface area contributed by atoms with E-state index in [0.29, 0.717) is 17.1 Å². The second-order valence-corrected chi connectivity index (χ2v) is 8.08. The Morgan fingerprint density at radius 2 is 1.74 bits per heavy atom. The standard InChI is InChI=1S/C25H34N2O4/c1-6-27(17-18-11-7-8-12-21(18)26(2)3)14-10-9-13-22-19-15-23(29-4)24(30-5)16-20(19)25(28)31-22/h7-8,11-12,15-16,22H,6,9-10,13-14,17H2,1-5H3. The molecule has 6 nitrogen and oxygen atoms in total. The van der Waals surface area contributed by atoms with Gasteiger partial charge in [-0.25, -0.2) is 4.79 Å². The fourth-order valence-corrected chi connectivity index (χ4v) is 4.14. The van der Waals surface area contributed by atoms with Crippen LogP contribution in [0.5, 0.6) is 11.5 Å². The van der Waals surface area contributed by atoms with E-state index in [-0.39, 0.29) is 12.1 Å². The number of nitrogens with zero attached hydrogens (tertiary/aromatic N) is 2. The molecule has 0 saturated heterocycles. The van der Waals surface area contributed by atoms with Crippen molar-refractivity contribution in [3.8, 4) is 11.5 Å². The molecule has 0 spiro atoms. The maximum absolute atomic E-state index is 12.3. The predicted octanol–water partition coefficient (Wildman–Crippen LogP) is 4.67. The van der Waals surface area contributed by atoms with Crippen molar-refractivity contribution in [3.63, 3.8) is 0 Å². The van der Waals surface area contributed by atoms with Crippen LogP contribution in [0.15, 0.2) is 36.4 Å². The zero-order valence-corrected chi connectivity index (χ0v) is 19.3. The van der Waals surface area contributed by atoms with E-state index < -0.39 is 0 Å². The monoisotopic (exact) mass is 426 g/mol. The van der Waals surface area contributed by atoms with Crippen LogP contribution in [0.25, 0.3) is 0 Å². The molecule has 1 atom stereocenters. The number of carbonyl (C=O) groups is 1. The van der Waals surface area contributed by atoms with Crippen LogP contribution in [0, 0.1) is 0 Å². The number of rotatable bonds is 11. The van der Waals surface area contributed by atoms with Gasteiger partial charge in [0.15, 0.2) is 11.5 Å².